The predicted molar refractivity (Wildman–Crippen MR) is 475 cm³/mol. The Labute approximate surface area is 725 Å². The SMILES string of the molecule is CC1(C)C(=O)CC[C@]2(C)C3=CC(=O)CC[C@]3(C)CC[C@@H]12.CC1(C)C(=O)CC[C@]2(C)C3=CCCC[C@]3(C)CC[C@@H]12.CC1=C2CC[C@@]3(C)CCCC=C3[C@@]2(C)CCC1=O.CC1CCCCC1=O.CCC(=O)CCCl.[C-]#[N+]C1=C[C@]2(C)C3=CC(=O)C(C#N)=C[C@]3(C)CC[C@H]2C(C)(C)C1=O.[C-]#[N+]C1C[C@]2(C)C3=CC(=O)C(C#N)C[C@]3(C)CC[C@H]2C(C)(C)C1=O. The molecule has 0 saturated heterocycles. The third kappa shape index (κ3) is 17.0. The molecule has 9 fully saturated rings. The Balaban J connectivity index is 0.000000151. The Hall–Kier alpha value is -7.13. The first-order chi connectivity index (χ1) is 55.8. The topological polar surface area (TPSA) is 227 Å². The Morgan fingerprint density at radius 2 is 1.06 bits per heavy atom. The van der Waals surface area contributed by atoms with Crippen LogP contribution >= 0.6 is 11.6 Å². The highest BCUT2D eigenvalue weighted by atomic mass is 35.5. The van der Waals surface area contributed by atoms with Crippen molar-refractivity contribution in [3.63, 3.8) is 0 Å². The maximum absolute atomic E-state index is 12.7. The summed E-state index contributed by atoms with van der Waals surface area (Å²) in [6, 6.07) is 3.50. The molecule has 3 unspecified atom stereocenters. The highest BCUT2D eigenvalue weighted by Crippen LogP contribution is 2.70. The number of allylic oxidation sites excluding steroid dienone is 16. The number of carbonyl (C=O) groups excluding carboxylic acids is 10. The Bertz CT molecular complexity index is 4660. The molecule has 0 bridgehead atoms. The van der Waals surface area contributed by atoms with Gasteiger partial charge < -0.3 is 9.64 Å². The van der Waals surface area contributed by atoms with E-state index in [1.54, 1.807) is 35.5 Å². The average molecular weight is 1660 g/mol. The van der Waals surface area contributed by atoms with Crippen molar-refractivity contribution < 1.29 is 47.9 Å². The summed E-state index contributed by atoms with van der Waals surface area (Å²) in [5, 5.41) is 18.5. The smallest absolute Gasteiger partial charge is 0.282 e. The fourth-order valence-corrected chi connectivity index (χ4v) is 28.3. The molecule has 0 aromatic heterocycles. The van der Waals surface area contributed by atoms with E-state index in [9.17, 15) is 58.5 Å². The van der Waals surface area contributed by atoms with Crippen molar-refractivity contribution >= 4 is 69.4 Å². The number of carbonyl (C=O) groups is 10. The van der Waals surface area contributed by atoms with Gasteiger partial charge >= 0.3 is 0 Å². The van der Waals surface area contributed by atoms with E-state index in [1.807, 2.05) is 67.5 Å². The second kappa shape index (κ2) is 34.8. The number of ketones is 10. The van der Waals surface area contributed by atoms with E-state index in [0.29, 0.717) is 96.1 Å². The van der Waals surface area contributed by atoms with Gasteiger partial charge in [0.2, 0.25) is 11.5 Å². The van der Waals surface area contributed by atoms with Gasteiger partial charge in [-0.2, -0.15) is 10.5 Å². The van der Waals surface area contributed by atoms with Gasteiger partial charge in [-0.15, -0.1) is 11.6 Å². The highest BCUT2D eigenvalue weighted by Gasteiger charge is 2.66. The number of fused-ring (bicyclic) bond motifs is 15. The summed E-state index contributed by atoms with van der Waals surface area (Å²) < 4.78 is 0. The third-order valence-corrected chi connectivity index (χ3v) is 35.4. The summed E-state index contributed by atoms with van der Waals surface area (Å²) >= 11 is 5.25. The molecular weight excluding hydrogens is 1510 g/mol. The highest BCUT2D eigenvalue weighted by molar-refractivity contribution is 6.19. The van der Waals surface area contributed by atoms with Crippen LogP contribution in [0.4, 0.5) is 0 Å². The summed E-state index contributed by atoms with van der Waals surface area (Å²) in [5.74, 6) is 3.23. The summed E-state index contributed by atoms with van der Waals surface area (Å²) in [4.78, 5) is 127. The van der Waals surface area contributed by atoms with Crippen molar-refractivity contribution in [1.29, 1.82) is 10.5 Å². The second-order valence-electron chi connectivity index (χ2n) is 44.3. The molecular formula is C105H143ClN4O10. The van der Waals surface area contributed by atoms with Crippen LogP contribution in [0.1, 0.15) is 351 Å². The molecule has 9 saturated carbocycles. The van der Waals surface area contributed by atoms with Crippen LogP contribution < -0.4 is 0 Å². The molecule has 15 heteroatoms. The Morgan fingerprint density at radius 1 is 0.525 bits per heavy atom. The van der Waals surface area contributed by atoms with Gasteiger partial charge in [0.05, 0.1) is 18.2 Å². The molecule has 0 heterocycles. The van der Waals surface area contributed by atoms with Gasteiger partial charge in [0.15, 0.2) is 28.9 Å². The summed E-state index contributed by atoms with van der Waals surface area (Å²) in [5.41, 5.74) is 8.21. The number of nitrogens with zero attached hydrogens (tertiary/aromatic N) is 4. The van der Waals surface area contributed by atoms with Crippen molar-refractivity contribution in [2.24, 2.45) is 111 Å². The average Bonchev–Trinajstić information content (AvgIpc) is 0.682. The van der Waals surface area contributed by atoms with Crippen molar-refractivity contribution in [3.8, 4) is 12.1 Å². The van der Waals surface area contributed by atoms with E-state index in [2.05, 4.69) is 118 Å². The zero-order valence-electron chi connectivity index (χ0n) is 77.2. The molecule has 0 aliphatic heterocycles. The third-order valence-electron chi connectivity index (χ3n) is 35.2. The molecule has 17 atom stereocenters. The molecule has 14 nitrogen and oxygen atoms in total. The van der Waals surface area contributed by atoms with Crippen LogP contribution in [-0.2, 0) is 47.9 Å². The molecule has 0 N–H and O–H groups in total. The molecule has 16 rings (SSSR count). The largest absolute Gasteiger partial charge is 0.307 e. The standard InChI is InChI=1S/C20H24N2O2.C20H20N2O2.C18H26O2.C18H28O.C17H24O.C7H12O.C5H9ClO/c2*1-18(2)15-6-7-19(3)9-12(11-21)14(23)8-16(19)20(15,4)10-13(22-5)17(18)24;1-16(2)13-6-9-17(3)8-5-12(19)11-14(17)18(13,4)10-7-15(16)20;1-16(2)13-8-11-17(3)10-6-5-7-14(17)18(13,4)12-9-15(16)19;1-12-13-7-10-16(2)9-5-4-6-15(16)17(13,3)11-8-14(12)18;1-6-4-2-3-5-7(6)8;1-2-5(7)3-4-6/h8,12-13,15H,6-7,9-10H2,1-4H3;8-10,15H,6-7H2,1-4H3;11,13H,5-10H2,1-4H3;7,13H,5-6,8-12H2,1-4H3;6H,4-5,7-11H2,1-3H3;6H,2-5H2,1H3;2-4H2,1H3/t12?,13?,15-,19-,20-;15-,19-,20-;2*13-,17+,18-;16-,17+;;/m00001../s1. The Kier molecular flexibility index (Phi) is 27.6. The lowest BCUT2D eigenvalue weighted by Gasteiger charge is -2.60. The Morgan fingerprint density at radius 3 is 1.58 bits per heavy atom. The van der Waals surface area contributed by atoms with Crippen molar-refractivity contribution in [3.05, 3.63) is 116 Å². The van der Waals surface area contributed by atoms with Crippen LogP contribution in [0.25, 0.3) is 9.69 Å². The molecule has 16 aliphatic carbocycles. The van der Waals surface area contributed by atoms with E-state index in [0.717, 1.165) is 119 Å². The number of alkyl halides is 1. The van der Waals surface area contributed by atoms with Crippen LogP contribution in [0.5, 0.6) is 0 Å². The molecule has 650 valence electrons. The van der Waals surface area contributed by atoms with Crippen LogP contribution in [0, 0.1) is 147 Å². The molecule has 120 heavy (non-hydrogen) atoms. The minimum Gasteiger partial charge on any atom is -0.307 e. The van der Waals surface area contributed by atoms with E-state index in [4.69, 9.17) is 24.7 Å². The fourth-order valence-electron chi connectivity index (χ4n) is 28.1. The van der Waals surface area contributed by atoms with Gasteiger partial charge in [-0.05, 0) is 240 Å². The van der Waals surface area contributed by atoms with Crippen LogP contribution in [0.15, 0.2) is 92.8 Å². The first-order valence-corrected chi connectivity index (χ1v) is 46.5. The van der Waals surface area contributed by atoms with Gasteiger partial charge in [-0.3, -0.25) is 43.2 Å². The minimum atomic E-state index is -0.645. The number of rotatable bonds is 3. The summed E-state index contributed by atoms with van der Waals surface area (Å²) in [7, 11) is 0. The van der Waals surface area contributed by atoms with Crippen LogP contribution in [0.2, 0.25) is 0 Å². The first kappa shape index (κ1) is 95.1. The van der Waals surface area contributed by atoms with E-state index in [-0.39, 0.29) is 107 Å². The first-order valence-electron chi connectivity index (χ1n) is 46.0. The maximum atomic E-state index is 12.7. The summed E-state index contributed by atoms with van der Waals surface area (Å²) in [6.07, 6.45) is 45.7. The lowest BCUT2D eigenvalue weighted by atomic mass is 9.43. The van der Waals surface area contributed by atoms with Crippen molar-refractivity contribution in [2.45, 2.75) is 357 Å². The molecule has 0 aromatic carbocycles. The normalized spacial score (nSPS) is 39.2. The molecule has 16 aliphatic rings. The van der Waals surface area contributed by atoms with E-state index < -0.39 is 28.2 Å². The quantitative estimate of drug-likeness (QED) is 0.146. The maximum Gasteiger partial charge on any atom is 0.282 e. The van der Waals surface area contributed by atoms with Crippen LogP contribution in [0.3, 0.4) is 0 Å². The number of nitriles is 2. The number of hydrogen-bond donors (Lipinski definition) is 0. The second-order valence-corrected chi connectivity index (χ2v) is 44.6. The molecule has 0 aromatic rings. The molecule has 0 radical (unpaired) electrons. The summed E-state index contributed by atoms with van der Waals surface area (Å²) in [6.45, 7) is 59.9. The lowest BCUT2D eigenvalue weighted by molar-refractivity contribution is -0.143. The minimum absolute atomic E-state index is 0.0344. The van der Waals surface area contributed by atoms with Gasteiger partial charge in [0, 0.05) is 106 Å². The van der Waals surface area contributed by atoms with Gasteiger partial charge in [-0.25, -0.2) is 11.4 Å². The van der Waals surface area contributed by atoms with Gasteiger partial charge in [0.1, 0.15) is 35.1 Å². The monoisotopic (exact) mass is 1660 g/mol. The van der Waals surface area contributed by atoms with Gasteiger partial charge in [-0.1, -0.05) is 197 Å². The van der Waals surface area contributed by atoms with Gasteiger partial charge in [0.25, 0.3) is 6.04 Å². The lowest BCUT2D eigenvalue weighted by Crippen LogP contribution is -2.58. The predicted octanol–water partition coefficient (Wildman–Crippen LogP) is 24.5. The van der Waals surface area contributed by atoms with E-state index >= 15 is 0 Å². The molecule has 0 amide bonds. The molecule has 0 spiro atoms. The number of Topliss-reactive ketones (excluding diaryl/α,β-unsaturated/α-hetero) is 7. The number of halogens is 1. The van der Waals surface area contributed by atoms with E-state index in [1.165, 1.54) is 75.4 Å². The zero-order valence-corrected chi connectivity index (χ0v) is 77.9. The zero-order chi connectivity index (χ0) is 89.1. The number of hydrogen-bond acceptors (Lipinski definition) is 12. The van der Waals surface area contributed by atoms with Crippen molar-refractivity contribution in [2.75, 3.05) is 5.88 Å². The van der Waals surface area contributed by atoms with Crippen molar-refractivity contribution in [1.82, 2.24) is 0 Å². The van der Waals surface area contributed by atoms with Crippen LogP contribution in [-0.4, -0.2) is 69.8 Å². The fraction of sp³-hybridized carbons (Fsp3) is 0.714.